The van der Waals surface area contributed by atoms with E-state index in [9.17, 15) is 4.79 Å². The van der Waals surface area contributed by atoms with E-state index in [-0.39, 0.29) is 5.91 Å². The minimum atomic E-state index is -0.171. The second kappa shape index (κ2) is 5.69. The lowest BCUT2D eigenvalue weighted by molar-refractivity contribution is 0.0950. The number of nitrogens with two attached hydrogens (primary N) is 2. The number of nitrogens with zero attached hydrogens (tertiary/aromatic N) is 1. The van der Waals surface area contributed by atoms with Gasteiger partial charge >= 0.3 is 0 Å². The molecule has 0 aliphatic carbocycles. The van der Waals surface area contributed by atoms with Crippen LogP contribution in [0.1, 0.15) is 15.5 Å². The van der Waals surface area contributed by atoms with Crippen LogP contribution in [0.15, 0.2) is 5.38 Å². The number of aromatic nitrogens is 1. The van der Waals surface area contributed by atoms with E-state index in [1.54, 1.807) is 5.38 Å². The van der Waals surface area contributed by atoms with Crippen LogP contribution < -0.4 is 16.8 Å². The van der Waals surface area contributed by atoms with Gasteiger partial charge in [-0.3, -0.25) is 4.79 Å². The summed E-state index contributed by atoms with van der Waals surface area (Å²) in [4.78, 5) is 15.5. The number of hydrogen-bond acceptors (Lipinski definition) is 5. The van der Waals surface area contributed by atoms with Crippen LogP contribution >= 0.6 is 11.3 Å². The van der Waals surface area contributed by atoms with Gasteiger partial charge in [0, 0.05) is 24.9 Å². The Morgan fingerprint density at radius 3 is 2.93 bits per heavy atom. The van der Waals surface area contributed by atoms with Gasteiger partial charge in [-0.25, -0.2) is 4.98 Å². The van der Waals surface area contributed by atoms with Gasteiger partial charge in [-0.05, 0) is 6.54 Å². The van der Waals surface area contributed by atoms with Crippen LogP contribution in [0.25, 0.3) is 0 Å². The summed E-state index contributed by atoms with van der Waals surface area (Å²) in [5.41, 5.74) is 11.1. The van der Waals surface area contributed by atoms with Crippen LogP contribution in [0.3, 0.4) is 0 Å². The smallest absolute Gasteiger partial charge is 0.270 e. The molecule has 0 spiro atoms. The second-order valence-electron chi connectivity index (χ2n) is 2.71. The zero-order valence-corrected chi connectivity index (χ0v) is 8.64. The highest BCUT2D eigenvalue weighted by atomic mass is 32.1. The molecule has 78 valence electrons. The molecule has 0 aliphatic heterocycles. The summed E-state index contributed by atoms with van der Waals surface area (Å²) in [5.74, 6) is -0.171. The Labute approximate surface area is 86.5 Å². The molecule has 14 heavy (non-hydrogen) atoms. The zero-order valence-electron chi connectivity index (χ0n) is 7.82. The summed E-state index contributed by atoms with van der Waals surface area (Å²) >= 11 is 1.45. The molecule has 5 nitrogen and oxygen atoms in total. The maximum atomic E-state index is 11.4. The molecule has 0 fully saturated rings. The average Bonchev–Trinajstić information content (AvgIpc) is 2.63. The van der Waals surface area contributed by atoms with Crippen molar-refractivity contribution in [2.45, 2.75) is 6.42 Å². The number of carbonyl (C=O) groups is 1. The van der Waals surface area contributed by atoms with Crippen molar-refractivity contribution < 1.29 is 4.79 Å². The van der Waals surface area contributed by atoms with Crippen molar-refractivity contribution in [2.75, 3.05) is 19.6 Å². The fourth-order valence-electron chi connectivity index (χ4n) is 0.930. The SMILES string of the molecule is NCCNC(=O)c1csc(CCN)n1. The Bertz CT molecular complexity index is 299. The molecule has 0 saturated heterocycles. The van der Waals surface area contributed by atoms with E-state index in [0.29, 0.717) is 25.3 Å². The molecule has 0 unspecified atom stereocenters. The van der Waals surface area contributed by atoms with Crippen molar-refractivity contribution in [3.63, 3.8) is 0 Å². The van der Waals surface area contributed by atoms with Crippen molar-refractivity contribution in [1.82, 2.24) is 10.3 Å². The first-order valence-corrected chi connectivity index (χ1v) is 5.28. The molecule has 0 aliphatic rings. The molecule has 6 heteroatoms. The van der Waals surface area contributed by atoms with E-state index >= 15 is 0 Å². The highest BCUT2D eigenvalue weighted by Gasteiger charge is 2.08. The maximum Gasteiger partial charge on any atom is 0.270 e. The molecule has 1 amide bonds. The molecule has 1 heterocycles. The fourth-order valence-corrected chi connectivity index (χ4v) is 1.72. The van der Waals surface area contributed by atoms with Crippen LogP contribution in [0.2, 0.25) is 0 Å². The molecular formula is C8H14N4OS. The van der Waals surface area contributed by atoms with Crippen LogP contribution in [0, 0.1) is 0 Å². The Morgan fingerprint density at radius 1 is 1.50 bits per heavy atom. The minimum Gasteiger partial charge on any atom is -0.349 e. The van der Waals surface area contributed by atoms with Gasteiger partial charge in [-0.15, -0.1) is 11.3 Å². The van der Waals surface area contributed by atoms with Gasteiger partial charge < -0.3 is 16.8 Å². The third-order valence-corrected chi connectivity index (χ3v) is 2.48. The molecule has 0 atom stereocenters. The van der Waals surface area contributed by atoms with Crippen LogP contribution in [-0.2, 0) is 6.42 Å². The molecule has 1 aromatic heterocycles. The first kappa shape index (κ1) is 11.1. The first-order chi connectivity index (χ1) is 6.77. The Kier molecular flexibility index (Phi) is 4.51. The largest absolute Gasteiger partial charge is 0.349 e. The van der Waals surface area contributed by atoms with E-state index < -0.39 is 0 Å². The van der Waals surface area contributed by atoms with Gasteiger partial charge in [0.15, 0.2) is 0 Å². The third-order valence-electron chi connectivity index (χ3n) is 1.57. The van der Waals surface area contributed by atoms with Gasteiger partial charge in [0.05, 0.1) is 5.01 Å². The summed E-state index contributed by atoms with van der Waals surface area (Å²) in [6.07, 6.45) is 0.717. The quantitative estimate of drug-likeness (QED) is 0.606. The van der Waals surface area contributed by atoms with Crippen molar-refractivity contribution in [1.29, 1.82) is 0 Å². The lowest BCUT2D eigenvalue weighted by atomic mass is 10.4. The molecule has 0 saturated carbocycles. The van der Waals surface area contributed by atoms with Gasteiger partial charge in [0.1, 0.15) is 5.69 Å². The van der Waals surface area contributed by atoms with Gasteiger partial charge in [0.2, 0.25) is 0 Å². The number of amides is 1. The van der Waals surface area contributed by atoms with Crippen molar-refractivity contribution in [3.05, 3.63) is 16.1 Å². The van der Waals surface area contributed by atoms with E-state index in [2.05, 4.69) is 10.3 Å². The predicted molar refractivity (Wildman–Crippen MR) is 56.3 cm³/mol. The van der Waals surface area contributed by atoms with Gasteiger partial charge in [-0.1, -0.05) is 0 Å². The lowest BCUT2D eigenvalue weighted by Gasteiger charge is -1.98. The molecule has 1 aromatic rings. The van der Waals surface area contributed by atoms with Gasteiger partial charge in [-0.2, -0.15) is 0 Å². The van der Waals surface area contributed by atoms with Crippen molar-refractivity contribution in [3.8, 4) is 0 Å². The summed E-state index contributed by atoms with van der Waals surface area (Å²) in [6, 6.07) is 0. The predicted octanol–water partition coefficient (Wildman–Crippen LogP) is -0.667. The van der Waals surface area contributed by atoms with E-state index in [1.807, 2.05) is 0 Å². The molecular weight excluding hydrogens is 200 g/mol. The van der Waals surface area contributed by atoms with Crippen LogP contribution in [0.4, 0.5) is 0 Å². The zero-order chi connectivity index (χ0) is 10.4. The average molecular weight is 214 g/mol. The molecule has 0 bridgehead atoms. The molecule has 0 radical (unpaired) electrons. The van der Waals surface area contributed by atoms with Crippen molar-refractivity contribution in [2.24, 2.45) is 11.5 Å². The Hall–Kier alpha value is -0.980. The monoisotopic (exact) mass is 214 g/mol. The van der Waals surface area contributed by atoms with E-state index in [0.717, 1.165) is 11.4 Å². The molecule has 5 N–H and O–H groups in total. The molecule has 0 aromatic carbocycles. The number of nitrogens with one attached hydrogen (secondary N) is 1. The second-order valence-corrected chi connectivity index (χ2v) is 3.65. The number of hydrogen-bond donors (Lipinski definition) is 3. The van der Waals surface area contributed by atoms with E-state index in [4.69, 9.17) is 11.5 Å². The summed E-state index contributed by atoms with van der Waals surface area (Å²) in [5, 5.41) is 5.28. The highest BCUT2D eigenvalue weighted by molar-refractivity contribution is 7.09. The maximum absolute atomic E-state index is 11.4. The van der Waals surface area contributed by atoms with Gasteiger partial charge in [0.25, 0.3) is 5.91 Å². The lowest BCUT2D eigenvalue weighted by Crippen LogP contribution is -2.29. The normalized spacial score (nSPS) is 10.1. The minimum absolute atomic E-state index is 0.171. The first-order valence-electron chi connectivity index (χ1n) is 4.40. The summed E-state index contributed by atoms with van der Waals surface area (Å²) in [7, 11) is 0. The van der Waals surface area contributed by atoms with Crippen molar-refractivity contribution >= 4 is 17.2 Å². The Balaban J connectivity index is 2.53. The highest BCUT2D eigenvalue weighted by Crippen LogP contribution is 2.09. The third kappa shape index (κ3) is 3.06. The van der Waals surface area contributed by atoms with E-state index in [1.165, 1.54) is 11.3 Å². The molecule has 1 rings (SSSR count). The standard InChI is InChI=1S/C8H14N4OS/c9-2-1-7-12-6(5-14-7)8(13)11-4-3-10/h5H,1-4,9-10H2,(H,11,13). The number of carbonyl (C=O) groups excluding carboxylic acids is 1. The number of thiazole rings is 1. The summed E-state index contributed by atoms with van der Waals surface area (Å²) < 4.78 is 0. The fraction of sp³-hybridized carbons (Fsp3) is 0.500. The topological polar surface area (TPSA) is 94.0 Å². The Morgan fingerprint density at radius 2 is 2.29 bits per heavy atom. The van der Waals surface area contributed by atoms with Crippen LogP contribution in [0.5, 0.6) is 0 Å². The number of rotatable bonds is 5. The van der Waals surface area contributed by atoms with Crippen LogP contribution in [-0.4, -0.2) is 30.5 Å². The summed E-state index contributed by atoms with van der Waals surface area (Å²) in [6.45, 7) is 1.46.